The van der Waals surface area contributed by atoms with Crippen LogP contribution in [0, 0.1) is 0 Å². The fraction of sp³-hybridized carbons (Fsp3) is 0.796. The maximum atomic E-state index is 12.8. The van der Waals surface area contributed by atoms with Crippen molar-refractivity contribution in [2.45, 2.75) is 264 Å². The number of carbonyl (C=O) groups is 3. The van der Waals surface area contributed by atoms with E-state index in [1.54, 1.807) is 0 Å². The Labute approximate surface area is 371 Å². The molecule has 0 aromatic carbocycles. The molecule has 0 radical (unpaired) electrons. The van der Waals surface area contributed by atoms with Crippen molar-refractivity contribution in [2.75, 3.05) is 13.2 Å². The first kappa shape index (κ1) is 57.4. The van der Waals surface area contributed by atoms with Crippen LogP contribution in [0.25, 0.3) is 0 Å². The summed E-state index contributed by atoms with van der Waals surface area (Å²) in [5.41, 5.74) is 0. The molecule has 0 aliphatic rings. The minimum absolute atomic E-state index is 0.0830. The van der Waals surface area contributed by atoms with Gasteiger partial charge < -0.3 is 14.2 Å². The molecule has 60 heavy (non-hydrogen) atoms. The van der Waals surface area contributed by atoms with E-state index in [0.29, 0.717) is 19.3 Å². The van der Waals surface area contributed by atoms with Crippen LogP contribution in [0.15, 0.2) is 48.6 Å². The summed E-state index contributed by atoms with van der Waals surface area (Å²) in [5, 5.41) is 0. The van der Waals surface area contributed by atoms with E-state index in [1.165, 1.54) is 148 Å². The zero-order valence-corrected chi connectivity index (χ0v) is 39.7. The molecule has 0 aliphatic carbocycles. The second-order valence-corrected chi connectivity index (χ2v) is 17.1. The summed E-state index contributed by atoms with van der Waals surface area (Å²) in [6.07, 6.45) is 58.2. The molecule has 0 saturated carbocycles. The minimum Gasteiger partial charge on any atom is -0.462 e. The second kappa shape index (κ2) is 49.0. The van der Waals surface area contributed by atoms with Gasteiger partial charge in [0, 0.05) is 19.3 Å². The number of rotatable bonds is 46. The van der Waals surface area contributed by atoms with Crippen LogP contribution in [0.4, 0.5) is 0 Å². The zero-order chi connectivity index (χ0) is 43.7. The van der Waals surface area contributed by atoms with Crippen molar-refractivity contribution in [3.63, 3.8) is 0 Å². The molecule has 0 saturated heterocycles. The molecule has 0 fully saturated rings. The van der Waals surface area contributed by atoms with Gasteiger partial charge in [-0.15, -0.1) is 0 Å². The van der Waals surface area contributed by atoms with Gasteiger partial charge in [-0.3, -0.25) is 14.4 Å². The molecule has 6 heteroatoms. The van der Waals surface area contributed by atoms with Crippen LogP contribution in [-0.2, 0) is 28.6 Å². The predicted molar refractivity (Wildman–Crippen MR) is 256 cm³/mol. The number of ether oxygens (including phenoxy) is 3. The van der Waals surface area contributed by atoms with Crippen molar-refractivity contribution in [3.8, 4) is 0 Å². The summed E-state index contributed by atoms with van der Waals surface area (Å²) in [4.78, 5) is 37.8. The Bertz CT molecular complexity index is 1060. The van der Waals surface area contributed by atoms with Gasteiger partial charge in [-0.05, 0) is 70.6 Å². The molecule has 0 rings (SSSR count). The standard InChI is InChI=1S/C54H96O6/c1-4-7-10-13-16-19-21-23-25-26-27-28-29-31-32-35-38-41-44-47-53(56)59-50-51(49-58-52(55)46-43-40-37-34-18-15-12-9-6-3)60-54(57)48-45-42-39-36-33-30-24-22-20-17-14-11-8-5-2/h9,12,16,18-19,21,23,34,51H,4-8,10-11,13-15,17,20,22,24-33,35-50H2,1-3H3/b12-9-,19-16-,23-21-,34-18-. The van der Waals surface area contributed by atoms with Gasteiger partial charge in [0.15, 0.2) is 6.10 Å². The molecule has 0 aliphatic heterocycles. The van der Waals surface area contributed by atoms with Crippen LogP contribution >= 0.6 is 0 Å². The summed E-state index contributed by atoms with van der Waals surface area (Å²) >= 11 is 0. The average molecular weight is 841 g/mol. The molecule has 0 aromatic rings. The summed E-state index contributed by atoms with van der Waals surface area (Å²) in [6.45, 7) is 6.47. The fourth-order valence-corrected chi connectivity index (χ4v) is 7.24. The number of hydrogen-bond acceptors (Lipinski definition) is 6. The van der Waals surface area contributed by atoms with Crippen molar-refractivity contribution >= 4 is 17.9 Å². The third kappa shape index (κ3) is 46.4. The lowest BCUT2D eigenvalue weighted by Gasteiger charge is -2.18. The number of esters is 3. The molecule has 0 amide bonds. The first-order chi connectivity index (χ1) is 29.5. The number of carbonyl (C=O) groups excluding carboxylic acids is 3. The van der Waals surface area contributed by atoms with E-state index in [4.69, 9.17) is 14.2 Å². The van der Waals surface area contributed by atoms with Gasteiger partial charge in [0.25, 0.3) is 0 Å². The van der Waals surface area contributed by atoms with Gasteiger partial charge in [0.1, 0.15) is 13.2 Å². The summed E-state index contributed by atoms with van der Waals surface area (Å²) in [6, 6.07) is 0. The molecule has 0 heterocycles. The third-order valence-corrected chi connectivity index (χ3v) is 11.1. The molecule has 0 aromatic heterocycles. The van der Waals surface area contributed by atoms with E-state index in [-0.39, 0.29) is 31.1 Å². The molecule has 0 N–H and O–H groups in total. The Kier molecular flexibility index (Phi) is 46.9. The highest BCUT2D eigenvalue weighted by Gasteiger charge is 2.19. The summed E-state index contributed by atoms with van der Waals surface area (Å²) < 4.78 is 16.7. The van der Waals surface area contributed by atoms with Crippen molar-refractivity contribution in [2.24, 2.45) is 0 Å². The van der Waals surface area contributed by atoms with E-state index in [0.717, 1.165) is 70.6 Å². The van der Waals surface area contributed by atoms with Crippen LogP contribution in [0.2, 0.25) is 0 Å². The van der Waals surface area contributed by atoms with Crippen molar-refractivity contribution in [1.29, 1.82) is 0 Å². The Morgan fingerprint density at radius 1 is 0.367 bits per heavy atom. The quantitative estimate of drug-likeness (QED) is 0.0200. The van der Waals surface area contributed by atoms with E-state index in [9.17, 15) is 14.4 Å². The van der Waals surface area contributed by atoms with Gasteiger partial charge in [-0.25, -0.2) is 0 Å². The van der Waals surface area contributed by atoms with Crippen molar-refractivity contribution < 1.29 is 28.6 Å². The van der Waals surface area contributed by atoms with Crippen molar-refractivity contribution in [1.82, 2.24) is 0 Å². The highest BCUT2D eigenvalue weighted by atomic mass is 16.6. The van der Waals surface area contributed by atoms with Crippen LogP contribution < -0.4 is 0 Å². The van der Waals surface area contributed by atoms with Crippen molar-refractivity contribution in [3.05, 3.63) is 48.6 Å². The Morgan fingerprint density at radius 2 is 0.700 bits per heavy atom. The van der Waals surface area contributed by atoms with Crippen LogP contribution in [-0.4, -0.2) is 37.2 Å². The SMILES string of the molecule is CC/C=C\C/C=C\CCCCC(=O)OCC(COC(=O)CCCCCCCCCCCC/C=C\C=C/CCCCC)OC(=O)CCCCCCCCCCCCCCCC. The lowest BCUT2D eigenvalue weighted by atomic mass is 10.0. The maximum absolute atomic E-state index is 12.8. The first-order valence-corrected chi connectivity index (χ1v) is 25.7. The summed E-state index contributed by atoms with van der Waals surface area (Å²) in [7, 11) is 0. The first-order valence-electron chi connectivity index (χ1n) is 25.7. The molecular formula is C54H96O6. The van der Waals surface area contributed by atoms with Crippen LogP contribution in [0.1, 0.15) is 258 Å². The fourth-order valence-electron chi connectivity index (χ4n) is 7.24. The van der Waals surface area contributed by atoms with E-state index < -0.39 is 6.10 Å². The minimum atomic E-state index is -0.783. The summed E-state index contributed by atoms with van der Waals surface area (Å²) in [5.74, 6) is -0.917. The number of allylic oxidation sites excluding steroid dienone is 8. The zero-order valence-electron chi connectivity index (χ0n) is 39.7. The Balaban J connectivity index is 4.29. The average Bonchev–Trinajstić information content (AvgIpc) is 3.24. The molecular weight excluding hydrogens is 745 g/mol. The highest BCUT2D eigenvalue weighted by Crippen LogP contribution is 2.15. The van der Waals surface area contributed by atoms with E-state index >= 15 is 0 Å². The Morgan fingerprint density at radius 3 is 1.17 bits per heavy atom. The van der Waals surface area contributed by atoms with Gasteiger partial charge in [-0.2, -0.15) is 0 Å². The van der Waals surface area contributed by atoms with Crippen LogP contribution in [0.5, 0.6) is 0 Å². The molecule has 348 valence electrons. The van der Waals surface area contributed by atoms with E-state index in [2.05, 4.69) is 69.4 Å². The monoisotopic (exact) mass is 841 g/mol. The molecule has 0 spiro atoms. The smallest absolute Gasteiger partial charge is 0.306 e. The molecule has 6 nitrogen and oxygen atoms in total. The topological polar surface area (TPSA) is 78.9 Å². The second-order valence-electron chi connectivity index (χ2n) is 17.1. The lowest BCUT2D eigenvalue weighted by Crippen LogP contribution is -2.30. The van der Waals surface area contributed by atoms with E-state index in [1.807, 2.05) is 0 Å². The normalized spacial score (nSPS) is 12.4. The third-order valence-electron chi connectivity index (χ3n) is 11.1. The largest absolute Gasteiger partial charge is 0.462 e. The lowest BCUT2D eigenvalue weighted by molar-refractivity contribution is -0.167. The van der Waals surface area contributed by atoms with Gasteiger partial charge in [0.05, 0.1) is 0 Å². The molecule has 0 bridgehead atoms. The van der Waals surface area contributed by atoms with Gasteiger partial charge in [0.2, 0.25) is 0 Å². The molecule has 1 unspecified atom stereocenters. The highest BCUT2D eigenvalue weighted by molar-refractivity contribution is 5.71. The number of hydrogen-bond donors (Lipinski definition) is 0. The molecule has 1 atom stereocenters. The maximum Gasteiger partial charge on any atom is 0.306 e. The van der Waals surface area contributed by atoms with Crippen LogP contribution in [0.3, 0.4) is 0 Å². The predicted octanol–water partition coefficient (Wildman–Crippen LogP) is 16.7. The Hall–Kier alpha value is -2.63. The number of unbranched alkanes of at least 4 members (excludes halogenated alkanes) is 28. The van der Waals surface area contributed by atoms with Gasteiger partial charge in [-0.1, -0.05) is 217 Å². The van der Waals surface area contributed by atoms with Gasteiger partial charge >= 0.3 is 17.9 Å².